The molecular weight excluding hydrogens is 291 g/mol. The quantitative estimate of drug-likeness (QED) is 0.876. The molecule has 1 fully saturated rings. The van der Waals surface area contributed by atoms with Crippen LogP contribution in [0.25, 0.3) is 0 Å². The van der Waals surface area contributed by atoms with Gasteiger partial charge in [0.25, 0.3) is 0 Å². The molecule has 0 aromatic heterocycles. The lowest BCUT2D eigenvalue weighted by Gasteiger charge is -2.25. The molecule has 2 rings (SSSR count). The third kappa shape index (κ3) is 4.02. The summed E-state index contributed by atoms with van der Waals surface area (Å²) in [6.45, 7) is 3.13. The van der Waals surface area contributed by atoms with Gasteiger partial charge in [0.15, 0.2) is 0 Å². The second-order valence-corrected chi connectivity index (χ2v) is 7.50. The van der Waals surface area contributed by atoms with Crippen LogP contribution in [-0.4, -0.2) is 38.1 Å². The molecule has 1 heterocycles. The van der Waals surface area contributed by atoms with E-state index >= 15 is 0 Å². The van der Waals surface area contributed by atoms with Crippen LogP contribution >= 0.6 is 0 Å². The summed E-state index contributed by atoms with van der Waals surface area (Å²) in [4.78, 5) is 0. The van der Waals surface area contributed by atoms with Gasteiger partial charge in [0.05, 0.1) is 6.26 Å². The Morgan fingerprint density at radius 1 is 1.43 bits per heavy atom. The van der Waals surface area contributed by atoms with Gasteiger partial charge in [-0.05, 0) is 25.3 Å². The van der Waals surface area contributed by atoms with E-state index in [0.29, 0.717) is 18.7 Å². The van der Waals surface area contributed by atoms with E-state index in [1.807, 2.05) is 13.0 Å². The molecule has 0 aliphatic carbocycles. The molecule has 1 unspecified atom stereocenters. The molecule has 4 nitrogen and oxygen atoms in total. The summed E-state index contributed by atoms with van der Waals surface area (Å²) in [6, 6.07) is 6.61. The number of benzene rings is 1. The summed E-state index contributed by atoms with van der Waals surface area (Å²) in [7, 11) is -3.16. The Balaban J connectivity index is 2.02. The van der Waals surface area contributed by atoms with Crippen LogP contribution in [-0.2, 0) is 10.0 Å². The molecule has 6 heteroatoms. The summed E-state index contributed by atoms with van der Waals surface area (Å²) in [5.74, 6) is -0.219. The van der Waals surface area contributed by atoms with Gasteiger partial charge < -0.3 is 5.32 Å². The average molecular weight is 314 g/mol. The van der Waals surface area contributed by atoms with Crippen LogP contribution in [0, 0.1) is 5.82 Å². The lowest BCUT2D eigenvalue weighted by atomic mass is 10.0. The minimum atomic E-state index is -3.16. The van der Waals surface area contributed by atoms with Crippen molar-refractivity contribution in [1.82, 2.24) is 9.62 Å². The van der Waals surface area contributed by atoms with E-state index in [-0.39, 0.29) is 17.9 Å². The summed E-state index contributed by atoms with van der Waals surface area (Å²) in [5, 5.41) is 3.32. The Morgan fingerprint density at radius 2 is 2.14 bits per heavy atom. The highest BCUT2D eigenvalue weighted by molar-refractivity contribution is 7.88. The monoisotopic (exact) mass is 314 g/mol. The second kappa shape index (κ2) is 6.85. The number of halogens is 1. The fourth-order valence-corrected chi connectivity index (χ4v) is 4.14. The van der Waals surface area contributed by atoms with Crippen molar-refractivity contribution in [1.29, 1.82) is 0 Å². The average Bonchev–Trinajstić information content (AvgIpc) is 2.90. The van der Waals surface area contributed by atoms with Gasteiger partial charge in [-0.2, -0.15) is 4.31 Å². The molecule has 1 aliphatic heterocycles. The first-order chi connectivity index (χ1) is 9.93. The molecule has 0 bridgehead atoms. The topological polar surface area (TPSA) is 49.4 Å². The minimum Gasteiger partial charge on any atom is -0.308 e. The Morgan fingerprint density at radius 3 is 2.76 bits per heavy atom. The zero-order chi connectivity index (χ0) is 15.5. The first-order valence-electron chi connectivity index (χ1n) is 7.38. The van der Waals surface area contributed by atoms with Crippen molar-refractivity contribution in [2.45, 2.75) is 38.3 Å². The van der Waals surface area contributed by atoms with Gasteiger partial charge in [0.1, 0.15) is 5.82 Å². The second-order valence-electron chi connectivity index (χ2n) is 5.56. The summed E-state index contributed by atoms with van der Waals surface area (Å²) in [6.07, 6.45) is 3.75. The van der Waals surface area contributed by atoms with E-state index < -0.39 is 10.0 Å². The minimum absolute atomic E-state index is 0.0270. The number of nitrogens with zero attached hydrogens (tertiary/aromatic N) is 1. The van der Waals surface area contributed by atoms with Crippen LogP contribution in [0.5, 0.6) is 0 Å². The molecule has 118 valence electrons. The smallest absolute Gasteiger partial charge is 0.211 e. The molecule has 21 heavy (non-hydrogen) atoms. The molecule has 0 radical (unpaired) electrons. The van der Waals surface area contributed by atoms with Crippen molar-refractivity contribution in [3.05, 3.63) is 35.6 Å². The Hall–Kier alpha value is -0.980. The van der Waals surface area contributed by atoms with Crippen molar-refractivity contribution in [2.75, 3.05) is 19.3 Å². The van der Waals surface area contributed by atoms with E-state index in [0.717, 1.165) is 19.3 Å². The Bertz CT molecular complexity index is 577. The number of hydrogen-bond donors (Lipinski definition) is 1. The van der Waals surface area contributed by atoms with Crippen LogP contribution in [0.3, 0.4) is 0 Å². The zero-order valence-corrected chi connectivity index (χ0v) is 13.4. The van der Waals surface area contributed by atoms with Crippen molar-refractivity contribution >= 4 is 10.0 Å². The van der Waals surface area contributed by atoms with Gasteiger partial charge in [0, 0.05) is 30.7 Å². The highest BCUT2D eigenvalue weighted by atomic mass is 32.2. The lowest BCUT2D eigenvalue weighted by molar-refractivity contribution is 0.354. The molecule has 1 N–H and O–H groups in total. The molecule has 0 amide bonds. The Kier molecular flexibility index (Phi) is 5.35. The van der Waals surface area contributed by atoms with Gasteiger partial charge >= 0.3 is 0 Å². The van der Waals surface area contributed by atoms with Crippen molar-refractivity contribution in [2.24, 2.45) is 0 Å². The number of nitrogens with one attached hydrogen (secondary N) is 1. The molecule has 0 saturated carbocycles. The maximum absolute atomic E-state index is 13.8. The van der Waals surface area contributed by atoms with Gasteiger partial charge in [0.2, 0.25) is 10.0 Å². The first-order valence-corrected chi connectivity index (χ1v) is 9.23. The van der Waals surface area contributed by atoms with Crippen LogP contribution < -0.4 is 5.32 Å². The lowest BCUT2D eigenvalue weighted by Crippen LogP contribution is -2.42. The van der Waals surface area contributed by atoms with Gasteiger partial charge in [-0.25, -0.2) is 12.8 Å². The van der Waals surface area contributed by atoms with Gasteiger partial charge in [-0.1, -0.05) is 25.1 Å². The molecule has 1 saturated heterocycles. The van der Waals surface area contributed by atoms with E-state index in [1.165, 1.54) is 12.3 Å². The SMILES string of the molecule is CCC(NC[C@H]1CCCN1S(C)(=O)=O)c1ccccc1F. The largest absolute Gasteiger partial charge is 0.308 e. The standard InChI is InChI=1S/C15H23FN2O2S/c1-3-15(13-8-4-5-9-14(13)16)17-11-12-7-6-10-18(12)21(2,19)20/h4-5,8-9,12,15,17H,3,6-7,10-11H2,1-2H3/t12-,15?/m1/s1. The third-order valence-corrected chi connectivity index (χ3v) is 5.37. The maximum atomic E-state index is 13.8. The van der Waals surface area contributed by atoms with E-state index in [4.69, 9.17) is 0 Å². The van der Waals surface area contributed by atoms with Crippen molar-refractivity contribution in [3.63, 3.8) is 0 Å². The molecule has 1 aromatic carbocycles. The number of sulfonamides is 1. The third-order valence-electron chi connectivity index (χ3n) is 4.04. The normalized spacial score (nSPS) is 21.6. The summed E-state index contributed by atoms with van der Waals surface area (Å²) >= 11 is 0. The van der Waals surface area contributed by atoms with Crippen LogP contribution in [0.1, 0.15) is 37.8 Å². The molecule has 0 spiro atoms. The van der Waals surface area contributed by atoms with Crippen LogP contribution in [0.2, 0.25) is 0 Å². The molecular formula is C15H23FN2O2S. The zero-order valence-electron chi connectivity index (χ0n) is 12.5. The highest BCUT2D eigenvalue weighted by Gasteiger charge is 2.31. The highest BCUT2D eigenvalue weighted by Crippen LogP contribution is 2.23. The van der Waals surface area contributed by atoms with Gasteiger partial charge in [-0.15, -0.1) is 0 Å². The molecule has 1 aliphatic rings. The van der Waals surface area contributed by atoms with E-state index in [1.54, 1.807) is 16.4 Å². The van der Waals surface area contributed by atoms with Crippen molar-refractivity contribution < 1.29 is 12.8 Å². The first kappa shape index (κ1) is 16.4. The number of hydrogen-bond acceptors (Lipinski definition) is 3. The van der Waals surface area contributed by atoms with Crippen molar-refractivity contribution in [3.8, 4) is 0 Å². The fourth-order valence-electron chi connectivity index (χ4n) is 2.96. The predicted octanol–water partition coefficient (Wildman–Crippen LogP) is 2.29. The molecule has 2 atom stereocenters. The fraction of sp³-hybridized carbons (Fsp3) is 0.600. The van der Waals surface area contributed by atoms with E-state index in [2.05, 4.69) is 5.32 Å². The Labute approximate surface area is 126 Å². The van der Waals surface area contributed by atoms with E-state index in [9.17, 15) is 12.8 Å². The van der Waals surface area contributed by atoms with Crippen LogP contribution in [0.15, 0.2) is 24.3 Å². The summed E-state index contributed by atoms with van der Waals surface area (Å²) in [5.41, 5.74) is 0.643. The number of rotatable bonds is 6. The van der Waals surface area contributed by atoms with Gasteiger partial charge in [-0.3, -0.25) is 0 Å². The van der Waals surface area contributed by atoms with Crippen LogP contribution in [0.4, 0.5) is 4.39 Å². The maximum Gasteiger partial charge on any atom is 0.211 e. The predicted molar refractivity (Wildman–Crippen MR) is 82.0 cm³/mol. The molecule has 1 aromatic rings. The summed E-state index contributed by atoms with van der Waals surface area (Å²) < 4.78 is 38.8.